The predicted octanol–water partition coefficient (Wildman–Crippen LogP) is -4.38. The molecule has 1 fully saturated rings. The van der Waals surface area contributed by atoms with E-state index in [1.165, 1.54) is 24.1 Å². The first kappa shape index (κ1) is 33.5. The van der Waals surface area contributed by atoms with E-state index >= 15 is 0 Å². The molecule has 0 bridgehead atoms. The minimum absolute atomic E-state index is 0.214. The molecule has 0 radical (unpaired) electrons. The van der Waals surface area contributed by atoms with Crippen molar-refractivity contribution in [3.05, 3.63) is 12.7 Å². The zero-order chi connectivity index (χ0) is 28.0. The summed E-state index contributed by atoms with van der Waals surface area (Å²) >= 11 is 0. The summed E-state index contributed by atoms with van der Waals surface area (Å²) in [4.78, 5) is 76.7. The number of aromatic nitrogens is 4. The first-order chi connectivity index (χ1) is 15.5. The lowest BCUT2D eigenvalue weighted by molar-refractivity contribution is -0.0950. The van der Waals surface area contributed by atoms with Crippen LogP contribution in [0.15, 0.2) is 12.7 Å². The van der Waals surface area contributed by atoms with Gasteiger partial charge in [0.2, 0.25) is 0 Å². The number of imidazole rings is 1. The molecule has 0 spiro atoms. The van der Waals surface area contributed by atoms with Gasteiger partial charge < -0.3 is 69.8 Å². The second-order valence-corrected chi connectivity index (χ2v) is 9.58. The lowest BCUT2D eigenvalue weighted by Gasteiger charge is -2.27. The zero-order valence-electron chi connectivity index (χ0n) is 17.3. The fraction of sp³-hybridized carbons (Fsp3) is 0.545. The first-order valence-electron chi connectivity index (χ1n) is 8.41. The molecule has 1 aliphatic rings. The van der Waals surface area contributed by atoms with Gasteiger partial charge >= 0.3 is 23.5 Å². The Morgan fingerprint density at radius 2 is 1.40 bits per heavy atom. The van der Waals surface area contributed by atoms with E-state index in [0.717, 1.165) is 0 Å². The lowest BCUT2D eigenvalue weighted by atomic mass is 9.96. The number of nitrogen functional groups attached to an aromatic ring is 1. The van der Waals surface area contributed by atoms with E-state index in [1.807, 2.05) is 0 Å². The van der Waals surface area contributed by atoms with Gasteiger partial charge in [0, 0.05) is 0 Å². The normalized spacial score (nSPS) is 24.4. The molecule has 24 heteroatoms. The lowest BCUT2D eigenvalue weighted by Crippen LogP contribution is -2.44. The van der Waals surface area contributed by atoms with Gasteiger partial charge in [-0.1, -0.05) is 0 Å². The summed E-state index contributed by atoms with van der Waals surface area (Å²) < 4.78 is 33.6. The quantitative estimate of drug-likeness (QED) is 0.150. The number of aliphatic hydroxyl groups excluding tert-OH is 2. The van der Waals surface area contributed by atoms with Crippen LogP contribution in [0.3, 0.4) is 0 Å². The second-order valence-electron chi connectivity index (χ2n) is 6.50. The molecular weight excluding hydrogens is 551 g/mol. The number of fused-ring (bicyclic) bond motifs is 1. The number of phosphoric acid groups is 3. The molecule has 0 amide bonds. The predicted molar refractivity (Wildman–Crippen MR) is 110 cm³/mol. The van der Waals surface area contributed by atoms with Gasteiger partial charge in [-0.3, -0.25) is 4.57 Å². The Balaban J connectivity index is 0.000000635. The number of nitrogens with zero attached hydrogens (tertiary/aromatic N) is 4. The Morgan fingerprint density at radius 3 is 1.77 bits per heavy atom. The van der Waals surface area contributed by atoms with Crippen molar-refractivity contribution >= 4 is 40.4 Å². The monoisotopic (exact) mass is 575 g/mol. The van der Waals surface area contributed by atoms with E-state index in [1.54, 1.807) is 0 Å². The summed E-state index contributed by atoms with van der Waals surface area (Å²) in [6.45, 7) is 1.02. The third kappa shape index (κ3) is 13.4. The molecule has 204 valence electrons. The van der Waals surface area contributed by atoms with E-state index < -0.39 is 54.1 Å². The average molecular weight is 575 g/mol. The third-order valence-corrected chi connectivity index (χ3v) is 3.57. The van der Waals surface area contributed by atoms with Crippen LogP contribution in [0.4, 0.5) is 5.82 Å². The van der Waals surface area contributed by atoms with Crippen LogP contribution >= 0.6 is 23.5 Å². The molecule has 2 aromatic rings. The van der Waals surface area contributed by atoms with Crippen molar-refractivity contribution in [2.24, 2.45) is 0 Å². The number of nitrogens with two attached hydrogens (primary N) is 1. The highest BCUT2D eigenvalue weighted by Gasteiger charge is 2.53. The van der Waals surface area contributed by atoms with E-state index in [4.69, 9.17) is 68.2 Å². The third-order valence-electron chi connectivity index (χ3n) is 3.57. The SMILES string of the molecule is C[C@@]1(O)[C@H](O)[C@@H](CO)O[C@H]1n1cnc2c(N)ncnc21.O=P(O)(O)O.O=P(O)(O)O.O=P(O)(O)O. The van der Waals surface area contributed by atoms with Crippen LogP contribution in [-0.2, 0) is 18.4 Å². The highest BCUT2D eigenvalue weighted by molar-refractivity contribution is 7.45. The topological polar surface area (TPSA) is 373 Å². The smallest absolute Gasteiger partial charge is 0.394 e. The van der Waals surface area contributed by atoms with Gasteiger partial charge in [0.1, 0.15) is 29.7 Å². The van der Waals surface area contributed by atoms with Crippen LogP contribution in [0.1, 0.15) is 13.2 Å². The first-order valence-corrected chi connectivity index (χ1v) is 13.1. The van der Waals surface area contributed by atoms with E-state index in [2.05, 4.69) is 15.0 Å². The van der Waals surface area contributed by atoms with Crippen molar-refractivity contribution in [1.82, 2.24) is 19.5 Å². The van der Waals surface area contributed by atoms with Gasteiger partial charge in [-0.2, -0.15) is 0 Å². The van der Waals surface area contributed by atoms with Crippen molar-refractivity contribution < 1.29 is 77.8 Å². The number of anilines is 1. The van der Waals surface area contributed by atoms with Crippen molar-refractivity contribution in [1.29, 1.82) is 0 Å². The maximum absolute atomic E-state index is 10.4. The van der Waals surface area contributed by atoms with Gasteiger partial charge in [0.25, 0.3) is 0 Å². The molecule has 35 heavy (non-hydrogen) atoms. The van der Waals surface area contributed by atoms with Crippen LogP contribution in [0.25, 0.3) is 11.2 Å². The summed E-state index contributed by atoms with van der Waals surface area (Å²) in [6, 6.07) is 0. The Hall–Kier alpha value is -1.48. The number of aliphatic hydroxyl groups is 3. The van der Waals surface area contributed by atoms with Crippen molar-refractivity contribution in [2.75, 3.05) is 12.3 Å². The molecular formula is C11H24N5O16P3. The molecule has 21 nitrogen and oxygen atoms in total. The van der Waals surface area contributed by atoms with Crippen LogP contribution in [0.2, 0.25) is 0 Å². The van der Waals surface area contributed by atoms with Gasteiger partial charge in [-0.15, -0.1) is 0 Å². The summed E-state index contributed by atoms with van der Waals surface area (Å²) in [6.07, 6.45) is -0.365. The summed E-state index contributed by atoms with van der Waals surface area (Å²) in [5, 5.41) is 29.6. The van der Waals surface area contributed by atoms with Crippen LogP contribution in [0, 0.1) is 0 Å². The summed E-state index contributed by atoms with van der Waals surface area (Å²) in [5.74, 6) is 0.214. The Morgan fingerprint density at radius 1 is 0.971 bits per heavy atom. The fourth-order valence-electron chi connectivity index (χ4n) is 2.43. The van der Waals surface area contributed by atoms with Gasteiger partial charge in [0.05, 0.1) is 12.9 Å². The summed E-state index contributed by atoms with van der Waals surface area (Å²) in [7, 11) is -13.9. The summed E-state index contributed by atoms with van der Waals surface area (Å²) in [5.41, 5.74) is 4.87. The van der Waals surface area contributed by atoms with Crippen LogP contribution < -0.4 is 5.73 Å². The Bertz CT molecular complexity index is 1020. The molecule has 3 heterocycles. The minimum Gasteiger partial charge on any atom is -0.394 e. The molecule has 0 unspecified atom stereocenters. The van der Waals surface area contributed by atoms with E-state index in [0.29, 0.717) is 11.2 Å². The molecule has 0 saturated carbocycles. The van der Waals surface area contributed by atoms with Gasteiger partial charge in [0.15, 0.2) is 17.7 Å². The molecule has 1 saturated heterocycles. The standard InChI is InChI=1S/C11H15N5O4.3H3O4P/c1-11(19)7(18)5(2-17)20-10(11)16-4-15-6-8(12)13-3-14-9(6)16;3*1-5(2,3)4/h3-5,7,10,17-19H,2H2,1H3,(H2,12,13,14);3*(H3,1,2,3,4)/t5-,7-,10-,11-;;;/m1.../s1. The number of hydrogen-bond donors (Lipinski definition) is 13. The van der Waals surface area contributed by atoms with Crippen molar-refractivity contribution in [3.63, 3.8) is 0 Å². The fourth-order valence-corrected chi connectivity index (χ4v) is 2.43. The van der Waals surface area contributed by atoms with Crippen LogP contribution in [0.5, 0.6) is 0 Å². The molecule has 4 atom stereocenters. The second kappa shape index (κ2) is 12.7. The maximum atomic E-state index is 10.4. The minimum atomic E-state index is -4.64. The highest BCUT2D eigenvalue weighted by atomic mass is 31.2. The number of hydrogen-bond acceptors (Lipinski definition) is 11. The number of rotatable bonds is 2. The Labute approximate surface area is 194 Å². The van der Waals surface area contributed by atoms with Crippen molar-refractivity contribution in [2.45, 2.75) is 31.0 Å². The molecule has 2 aromatic heterocycles. The molecule has 1 aliphatic heterocycles. The van der Waals surface area contributed by atoms with Crippen LogP contribution in [-0.4, -0.2) is 103 Å². The highest BCUT2D eigenvalue weighted by Crippen LogP contribution is 2.39. The van der Waals surface area contributed by atoms with Gasteiger partial charge in [-0.05, 0) is 6.92 Å². The van der Waals surface area contributed by atoms with E-state index in [-0.39, 0.29) is 5.82 Å². The number of ether oxygens (including phenoxy) is 1. The molecule has 0 aliphatic carbocycles. The zero-order valence-corrected chi connectivity index (χ0v) is 20.0. The molecule has 0 aromatic carbocycles. The largest absolute Gasteiger partial charge is 0.466 e. The van der Waals surface area contributed by atoms with E-state index in [9.17, 15) is 15.3 Å². The average Bonchev–Trinajstić information content (AvgIpc) is 3.11. The van der Waals surface area contributed by atoms with Crippen molar-refractivity contribution in [3.8, 4) is 0 Å². The van der Waals surface area contributed by atoms with Gasteiger partial charge in [-0.25, -0.2) is 28.6 Å². The molecule has 3 rings (SSSR count). The Kier molecular flexibility index (Phi) is 12.1. The molecule has 14 N–H and O–H groups in total. The maximum Gasteiger partial charge on any atom is 0.466 e.